The number of nitrogens with one attached hydrogen (secondary N) is 1. The van der Waals surface area contributed by atoms with Gasteiger partial charge in [0.05, 0.1) is 30.8 Å². The number of benzene rings is 1. The van der Waals surface area contributed by atoms with Crippen LogP contribution < -0.4 is 5.32 Å². The second kappa shape index (κ2) is 8.60. The van der Waals surface area contributed by atoms with E-state index in [4.69, 9.17) is 9.72 Å². The number of ether oxygens (including phenoxy) is 1. The molecule has 2 aromatic rings. The second-order valence-electron chi connectivity index (χ2n) is 5.03. The van der Waals surface area contributed by atoms with Gasteiger partial charge in [-0.15, -0.1) is 6.58 Å². The Bertz CT molecular complexity index is 562. The monoisotopic (exact) mass is 287 g/mol. The fraction of sp³-hybridized carbons (Fsp3) is 0.471. The zero-order valence-corrected chi connectivity index (χ0v) is 12.8. The predicted molar refractivity (Wildman–Crippen MR) is 87.4 cm³/mol. The minimum atomic E-state index is 0.724. The highest BCUT2D eigenvalue weighted by Crippen LogP contribution is 2.16. The molecule has 1 heterocycles. The van der Waals surface area contributed by atoms with Crippen molar-refractivity contribution in [2.45, 2.75) is 32.9 Å². The van der Waals surface area contributed by atoms with Gasteiger partial charge in [0.2, 0.25) is 0 Å². The molecule has 0 unspecified atom stereocenters. The van der Waals surface area contributed by atoms with Gasteiger partial charge >= 0.3 is 0 Å². The average Bonchev–Trinajstić information content (AvgIpc) is 2.85. The molecule has 0 aliphatic heterocycles. The first kappa shape index (κ1) is 15.7. The van der Waals surface area contributed by atoms with Gasteiger partial charge < -0.3 is 14.6 Å². The van der Waals surface area contributed by atoms with E-state index in [1.807, 2.05) is 12.1 Å². The number of imidazole rings is 1. The van der Waals surface area contributed by atoms with Crippen molar-refractivity contribution in [2.75, 3.05) is 19.8 Å². The lowest BCUT2D eigenvalue weighted by atomic mass is 10.3. The van der Waals surface area contributed by atoms with E-state index in [9.17, 15) is 0 Å². The maximum atomic E-state index is 5.49. The third kappa shape index (κ3) is 4.41. The molecular weight excluding hydrogens is 262 g/mol. The Morgan fingerprint density at radius 1 is 1.33 bits per heavy atom. The number of aromatic nitrogens is 2. The van der Waals surface area contributed by atoms with Crippen molar-refractivity contribution >= 4 is 11.0 Å². The van der Waals surface area contributed by atoms with Crippen LogP contribution in [0, 0.1) is 0 Å². The van der Waals surface area contributed by atoms with Crippen LogP contribution >= 0.6 is 0 Å². The minimum Gasteiger partial charge on any atom is -0.380 e. The predicted octanol–water partition coefficient (Wildman–Crippen LogP) is 3.13. The van der Waals surface area contributed by atoms with Gasteiger partial charge in [-0.25, -0.2) is 4.98 Å². The van der Waals surface area contributed by atoms with Crippen LogP contribution in [0.25, 0.3) is 11.0 Å². The Balaban J connectivity index is 1.89. The molecule has 0 bridgehead atoms. The van der Waals surface area contributed by atoms with E-state index >= 15 is 0 Å². The maximum absolute atomic E-state index is 5.49. The highest BCUT2D eigenvalue weighted by molar-refractivity contribution is 5.75. The molecule has 0 atom stereocenters. The van der Waals surface area contributed by atoms with Crippen molar-refractivity contribution in [1.29, 1.82) is 0 Å². The molecule has 0 aliphatic rings. The standard InChI is InChI=1S/C17H25N3O/c1-3-5-12-21-13-10-18-14-17-19-15-8-6-7-9-16(15)20(17)11-4-2/h3,6-9,18H,1,4-5,10-14H2,2H3. The van der Waals surface area contributed by atoms with Gasteiger partial charge in [0, 0.05) is 13.1 Å². The van der Waals surface area contributed by atoms with Crippen LogP contribution in [-0.4, -0.2) is 29.3 Å². The molecule has 0 aliphatic carbocycles. The van der Waals surface area contributed by atoms with Gasteiger partial charge in [0.25, 0.3) is 0 Å². The zero-order valence-electron chi connectivity index (χ0n) is 12.8. The number of hydrogen-bond acceptors (Lipinski definition) is 3. The van der Waals surface area contributed by atoms with E-state index in [-0.39, 0.29) is 0 Å². The number of hydrogen-bond donors (Lipinski definition) is 1. The van der Waals surface area contributed by atoms with Gasteiger partial charge in [-0.1, -0.05) is 25.1 Å². The van der Waals surface area contributed by atoms with Crippen LogP contribution in [0.2, 0.25) is 0 Å². The summed E-state index contributed by atoms with van der Waals surface area (Å²) in [6.45, 7) is 9.97. The third-order valence-electron chi connectivity index (χ3n) is 3.35. The van der Waals surface area contributed by atoms with E-state index in [1.165, 1.54) is 5.52 Å². The van der Waals surface area contributed by atoms with Gasteiger partial charge in [0.1, 0.15) is 5.82 Å². The van der Waals surface area contributed by atoms with Crippen LogP contribution in [0.5, 0.6) is 0 Å². The lowest BCUT2D eigenvalue weighted by molar-refractivity contribution is 0.140. The molecule has 2 rings (SSSR count). The molecule has 0 fully saturated rings. The summed E-state index contributed by atoms with van der Waals surface area (Å²) in [5.74, 6) is 1.10. The topological polar surface area (TPSA) is 39.1 Å². The Morgan fingerprint density at radius 3 is 3.00 bits per heavy atom. The van der Waals surface area contributed by atoms with Crippen LogP contribution in [0.1, 0.15) is 25.6 Å². The molecule has 1 aromatic heterocycles. The van der Waals surface area contributed by atoms with Gasteiger partial charge in [-0.05, 0) is 25.0 Å². The van der Waals surface area contributed by atoms with Crippen molar-refractivity contribution in [2.24, 2.45) is 0 Å². The molecule has 0 saturated heterocycles. The largest absolute Gasteiger partial charge is 0.380 e. The molecule has 0 radical (unpaired) electrons. The average molecular weight is 287 g/mol. The van der Waals surface area contributed by atoms with Gasteiger partial charge in [0.15, 0.2) is 0 Å². The normalized spacial score (nSPS) is 11.1. The number of rotatable bonds is 10. The SMILES string of the molecule is C=CCCOCCNCc1nc2ccccc2n1CCC. The molecule has 0 amide bonds. The van der Waals surface area contributed by atoms with Crippen molar-refractivity contribution < 1.29 is 4.74 Å². The molecule has 1 N–H and O–H groups in total. The van der Waals surface area contributed by atoms with Crippen LogP contribution in [-0.2, 0) is 17.8 Å². The molecule has 21 heavy (non-hydrogen) atoms. The van der Waals surface area contributed by atoms with Crippen molar-refractivity contribution in [1.82, 2.24) is 14.9 Å². The molecule has 4 nitrogen and oxygen atoms in total. The molecule has 1 aromatic carbocycles. The molecule has 114 valence electrons. The van der Waals surface area contributed by atoms with E-state index in [2.05, 4.69) is 41.6 Å². The fourth-order valence-corrected chi connectivity index (χ4v) is 2.35. The Kier molecular flexibility index (Phi) is 6.44. The molecule has 0 saturated carbocycles. The number of nitrogens with zero attached hydrogens (tertiary/aromatic N) is 2. The molecule has 0 spiro atoms. The zero-order chi connectivity index (χ0) is 14.9. The first-order valence-corrected chi connectivity index (χ1v) is 7.70. The lowest BCUT2D eigenvalue weighted by Crippen LogP contribution is -2.21. The molecule has 4 heteroatoms. The van der Waals surface area contributed by atoms with Crippen LogP contribution in [0.15, 0.2) is 36.9 Å². The Labute approximate surface area is 126 Å². The van der Waals surface area contributed by atoms with E-state index in [0.717, 1.165) is 57.0 Å². The first-order chi connectivity index (χ1) is 10.4. The summed E-state index contributed by atoms with van der Waals surface area (Å²) in [6, 6.07) is 8.32. The van der Waals surface area contributed by atoms with Gasteiger partial charge in [-0.2, -0.15) is 0 Å². The van der Waals surface area contributed by atoms with Crippen molar-refractivity contribution in [3.05, 3.63) is 42.7 Å². The summed E-state index contributed by atoms with van der Waals surface area (Å²) < 4.78 is 7.79. The summed E-state index contributed by atoms with van der Waals surface area (Å²) in [5.41, 5.74) is 2.29. The summed E-state index contributed by atoms with van der Waals surface area (Å²) >= 11 is 0. The molecular formula is C17H25N3O. The minimum absolute atomic E-state index is 0.724. The van der Waals surface area contributed by atoms with Crippen molar-refractivity contribution in [3.63, 3.8) is 0 Å². The highest BCUT2D eigenvalue weighted by Gasteiger charge is 2.08. The van der Waals surface area contributed by atoms with E-state index in [1.54, 1.807) is 0 Å². The number of para-hydroxylation sites is 2. The van der Waals surface area contributed by atoms with Crippen LogP contribution in [0.3, 0.4) is 0 Å². The van der Waals surface area contributed by atoms with Gasteiger partial charge in [-0.3, -0.25) is 0 Å². The van der Waals surface area contributed by atoms with E-state index in [0.29, 0.717) is 0 Å². The summed E-state index contributed by atoms with van der Waals surface area (Å²) in [5, 5.41) is 3.40. The van der Waals surface area contributed by atoms with Crippen LogP contribution in [0.4, 0.5) is 0 Å². The first-order valence-electron chi connectivity index (χ1n) is 7.70. The summed E-state index contributed by atoms with van der Waals surface area (Å²) in [7, 11) is 0. The summed E-state index contributed by atoms with van der Waals surface area (Å²) in [4.78, 5) is 4.72. The second-order valence-corrected chi connectivity index (χ2v) is 5.03. The van der Waals surface area contributed by atoms with E-state index < -0.39 is 0 Å². The quantitative estimate of drug-likeness (QED) is 0.539. The fourth-order valence-electron chi connectivity index (χ4n) is 2.35. The highest BCUT2D eigenvalue weighted by atomic mass is 16.5. The number of aryl methyl sites for hydroxylation is 1. The number of fused-ring (bicyclic) bond motifs is 1. The lowest BCUT2D eigenvalue weighted by Gasteiger charge is -2.09. The maximum Gasteiger partial charge on any atom is 0.123 e. The van der Waals surface area contributed by atoms with Crippen molar-refractivity contribution in [3.8, 4) is 0 Å². The smallest absolute Gasteiger partial charge is 0.123 e. The Hall–Kier alpha value is -1.65. The summed E-state index contributed by atoms with van der Waals surface area (Å²) in [6.07, 6.45) is 3.89. The third-order valence-corrected chi connectivity index (χ3v) is 3.35. The Morgan fingerprint density at radius 2 is 2.19 bits per heavy atom.